The smallest absolute Gasteiger partial charge is 0.228 e. The Morgan fingerprint density at radius 3 is 2.33 bits per heavy atom. The highest BCUT2D eigenvalue weighted by molar-refractivity contribution is 5.85. The molecule has 2 N–H and O–H groups in total. The summed E-state index contributed by atoms with van der Waals surface area (Å²) >= 11 is 0. The maximum atomic E-state index is 12.7. The molecule has 0 saturated heterocycles. The number of halogens is 1. The number of nitrogens with two attached hydrogens (primary N) is 1. The van der Waals surface area contributed by atoms with Crippen LogP contribution in [0.4, 0.5) is 0 Å². The molecule has 0 atom stereocenters. The second-order valence-electron chi connectivity index (χ2n) is 6.97. The van der Waals surface area contributed by atoms with E-state index >= 15 is 0 Å². The highest BCUT2D eigenvalue weighted by Gasteiger charge is 2.51. The van der Waals surface area contributed by atoms with Crippen molar-refractivity contribution in [3.05, 3.63) is 35.9 Å². The summed E-state index contributed by atoms with van der Waals surface area (Å²) in [6, 6.07) is 10.3. The summed E-state index contributed by atoms with van der Waals surface area (Å²) in [5.41, 5.74) is 6.85. The van der Waals surface area contributed by atoms with Gasteiger partial charge in [-0.15, -0.1) is 12.4 Å². The molecule has 1 saturated carbocycles. The summed E-state index contributed by atoms with van der Waals surface area (Å²) in [5.74, 6) is 0.280. The van der Waals surface area contributed by atoms with Crippen LogP contribution in [0.3, 0.4) is 0 Å². The molecule has 1 aliphatic rings. The minimum absolute atomic E-state index is 0. The quantitative estimate of drug-likeness (QED) is 0.878. The molecule has 0 unspecified atom stereocenters. The van der Waals surface area contributed by atoms with Crippen LogP contribution in [0.15, 0.2) is 30.3 Å². The number of carbonyl (C=O) groups is 1. The lowest BCUT2D eigenvalue weighted by atomic mass is 9.91. The first-order chi connectivity index (χ1) is 9.38. The topological polar surface area (TPSA) is 46.3 Å². The fourth-order valence-corrected chi connectivity index (χ4v) is 2.79. The molecular weight excluding hydrogens is 284 g/mol. The molecule has 4 heteroatoms. The molecule has 21 heavy (non-hydrogen) atoms. The standard InChI is InChI=1S/C17H26N2O.ClH/c1-16(2,12-18)13-19(3)15(20)17(9-10-17)11-14-7-5-4-6-8-14;/h4-8H,9-13,18H2,1-3H3;1H. The van der Waals surface area contributed by atoms with Gasteiger partial charge in [0, 0.05) is 13.6 Å². The fourth-order valence-electron chi connectivity index (χ4n) is 2.79. The predicted molar refractivity (Wildman–Crippen MR) is 89.5 cm³/mol. The van der Waals surface area contributed by atoms with Crippen molar-refractivity contribution in [1.82, 2.24) is 4.90 Å². The molecule has 1 fully saturated rings. The second kappa shape index (κ2) is 6.80. The molecule has 0 radical (unpaired) electrons. The van der Waals surface area contributed by atoms with Gasteiger partial charge < -0.3 is 10.6 Å². The Labute approximate surface area is 134 Å². The molecule has 1 amide bonds. The predicted octanol–water partition coefficient (Wildman–Crippen LogP) is 2.87. The van der Waals surface area contributed by atoms with Gasteiger partial charge in [0.2, 0.25) is 5.91 Å². The van der Waals surface area contributed by atoms with Crippen molar-refractivity contribution < 1.29 is 4.79 Å². The third-order valence-electron chi connectivity index (χ3n) is 4.26. The van der Waals surface area contributed by atoms with Crippen LogP contribution >= 0.6 is 12.4 Å². The van der Waals surface area contributed by atoms with Crippen LogP contribution in [0.1, 0.15) is 32.3 Å². The fraction of sp³-hybridized carbons (Fsp3) is 0.588. The third kappa shape index (κ3) is 4.45. The second-order valence-corrected chi connectivity index (χ2v) is 6.97. The van der Waals surface area contributed by atoms with Crippen LogP contribution < -0.4 is 5.73 Å². The lowest BCUT2D eigenvalue weighted by Crippen LogP contribution is -2.43. The number of benzene rings is 1. The van der Waals surface area contributed by atoms with Crippen LogP contribution in [-0.4, -0.2) is 30.9 Å². The van der Waals surface area contributed by atoms with Crippen LogP contribution in [0.25, 0.3) is 0 Å². The monoisotopic (exact) mass is 310 g/mol. The van der Waals surface area contributed by atoms with E-state index in [-0.39, 0.29) is 29.1 Å². The van der Waals surface area contributed by atoms with Crippen molar-refractivity contribution in [2.24, 2.45) is 16.6 Å². The zero-order valence-electron chi connectivity index (χ0n) is 13.3. The van der Waals surface area contributed by atoms with Crippen molar-refractivity contribution in [2.75, 3.05) is 20.1 Å². The molecule has 2 rings (SSSR count). The van der Waals surface area contributed by atoms with E-state index in [1.807, 2.05) is 30.1 Å². The van der Waals surface area contributed by atoms with Crippen molar-refractivity contribution in [2.45, 2.75) is 33.1 Å². The van der Waals surface area contributed by atoms with E-state index < -0.39 is 0 Å². The minimum atomic E-state index is -0.152. The van der Waals surface area contributed by atoms with Gasteiger partial charge in [-0.3, -0.25) is 4.79 Å². The average Bonchev–Trinajstić information content (AvgIpc) is 3.19. The summed E-state index contributed by atoms with van der Waals surface area (Å²) in [7, 11) is 1.91. The molecule has 0 aromatic heterocycles. The Bertz CT molecular complexity index is 469. The van der Waals surface area contributed by atoms with E-state index in [1.165, 1.54) is 5.56 Å². The van der Waals surface area contributed by atoms with Gasteiger partial charge in [0.15, 0.2) is 0 Å². The Balaban J connectivity index is 0.00000220. The molecule has 0 heterocycles. The van der Waals surface area contributed by atoms with E-state index in [1.54, 1.807) is 0 Å². The van der Waals surface area contributed by atoms with E-state index in [0.29, 0.717) is 6.54 Å². The normalized spacial score (nSPS) is 16.0. The van der Waals surface area contributed by atoms with Crippen molar-refractivity contribution >= 4 is 18.3 Å². The highest BCUT2D eigenvalue weighted by atomic mass is 35.5. The van der Waals surface area contributed by atoms with Crippen LogP contribution in [-0.2, 0) is 11.2 Å². The van der Waals surface area contributed by atoms with E-state index in [9.17, 15) is 4.79 Å². The van der Waals surface area contributed by atoms with Crippen molar-refractivity contribution in [3.8, 4) is 0 Å². The van der Waals surface area contributed by atoms with Gasteiger partial charge in [0.05, 0.1) is 5.41 Å². The van der Waals surface area contributed by atoms with Gasteiger partial charge in [0.1, 0.15) is 0 Å². The summed E-state index contributed by atoms with van der Waals surface area (Å²) in [6.45, 7) is 5.52. The summed E-state index contributed by atoms with van der Waals surface area (Å²) in [6.07, 6.45) is 2.88. The zero-order valence-corrected chi connectivity index (χ0v) is 14.1. The Hall–Kier alpha value is -1.06. The minimum Gasteiger partial charge on any atom is -0.345 e. The first-order valence-corrected chi connectivity index (χ1v) is 7.38. The first-order valence-electron chi connectivity index (χ1n) is 7.38. The number of hydrogen-bond acceptors (Lipinski definition) is 2. The van der Waals surface area contributed by atoms with Gasteiger partial charge >= 0.3 is 0 Å². The molecule has 1 aliphatic carbocycles. The average molecular weight is 311 g/mol. The van der Waals surface area contributed by atoms with Gasteiger partial charge in [-0.1, -0.05) is 44.2 Å². The lowest BCUT2D eigenvalue weighted by Gasteiger charge is -2.31. The van der Waals surface area contributed by atoms with Crippen molar-refractivity contribution in [3.63, 3.8) is 0 Å². The van der Waals surface area contributed by atoms with Crippen LogP contribution in [0.2, 0.25) is 0 Å². The zero-order chi connectivity index (χ0) is 14.8. The summed E-state index contributed by atoms with van der Waals surface area (Å²) in [5, 5.41) is 0. The van der Waals surface area contributed by atoms with E-state index in [2.05, 4.69) is 26.0 Å². The summed E-state index contributed by atoms with van der Waals surface area (Å²) in [4.78, 5) is 14.6. The maximum Gasteiger partial charge on any atom is 0.228 e. The molecule has 0 aliphatic heterocycles. The molecule has 0 bridgehead atoms. The highest BCUT2D eigenvalue weighted by Crippen LogP contribution is 2.49. The van der Waals surface area contributed by atoms with Gasteiger partial charge in [-0.05, 0) is 36.8 Å². The Morgan fingerprint density at radius 1 is 1.29 bits per heavy atom. The third-order valence-corrected chi connectivity index (χ3v) is 4.26. The Kier molecular flexibility index (Phi) is 5.83. The van der Waals surface area contributed by atoms with Crippen LogP contribution in [0.5, 0.6) is 0 Å². The molecule has 1 aromatic rings. The van der Waals surface area contributed by atoms with Crippen molar-refractivity contribution in [1.29, 1.82) is 0 Å². The summed E-state index contributed by atoms with van der Waals surface area (Å²) < 4.78 is 0. The number of hydrogen-bond donors (Lipinski definition) is 1. The molecule has 3 nitrogen and oxygen atoms in total. The van der Waals surface area contributed by atoms with E-state index in [0.717, 1.165) is 25.8 Å². The van der Waals surface area contributed by atoms with Gasteiger partial charge in [-0.25, -0.2) is 0 Å². The largest absolute Gasteiger partial charge is 0.345 e. The molecule has 1 aromatic carbocycles. The molecule has 0 spiro atoms. The van der Waals surface area contributed by atoms with Crippen LogP contribution in [0, 0.1) is 10.8 Å². The molecule has 118 valence electrons. The van der Waals surface area contributed by atoms with Gasteiger partial charge in [0.25, 0.3) is 0 Å². The van der Waals surface area contributed by atoms with E-state index in [4.69, 9.17) is 5.73 Å². The number of amides is 1. The van der Waals surface area contributed by atoms with Gasteiger partial charge in [-0.2, -0.15) is 0 Å². The SMILES string of the molecule is CN(CC(C)(C)CN)C(=O)C1(Cc2ccccc2)CC1.Cl. The first kappa shape index (κ1) is 18.0. The number of nitrogens with zero attached hydrogens (tertiary/aromatic N) is 1. The Morgan fingerprint density at radius 2 is 1.86 bits per heavy atom. The number of rotatable bonds is 6. The number of carbonyl (C=O) groups excluding carboxylic acids is 1. The maximum absolute atomic E-state index is 12.7. The molecular formula is C17H27ClN2O. The lowest BCUT2D eigenvalue weighted by molar-refractivity contribution is -0.136.